The van der Waals surface area contributed by atoms with Crippen LogP contribution in [0, 0.1) is 11.3 Å². The van der Waals surface area contributed by atoms with E-state index in [0.29, 0.717) is 0 Å². The summed E-state index contributed by atoms with van der Waals surface area (Å²) in [6.07, 6.45) is -4.85. The second kappa shape index (κ2) is 5.27. The molecule has 0 amide bonds. The van der Waals surface area contributed by atoms with Crippen LogP contribution >= 0.6 is 10.7 Å². The molecule has 0 aromatic heterocycles. The molecule has 19 heavy (non-hydrogen) atoms. The number of nitriles is 1. The molecule has 0 N–H and O–H groups in total. The van der Waals surface area contributed by atoms with Crippen molar-refractivity contribution in [3.63, 3.8) is 0 Å². The van der Waals surface area contributed by atoms with Gasteiger partial charge in [-0.3, -0.25) is 0 Å². The lowest BCUT2D eigenvalue weighted by molar-refractivity contribution is -0.274. The van der Waals surface area contributed by atoms with Gasteiger partial charge in [-0.05, 0) is 18.1 Å². The third-order valence-electron chi connectivity index (χ3n) is 2.16. The maximum absolute atomic E-state index is 12.2. The Morgan fingerprint density at radius 3 is 2.37 bits per heavy atom. The van der Waals surface area contributed by atoms with E-state index in [1.165, 1.54) is 6.07 Å². The third-order valence-corrected chi connectivity index (χ3v) is 3.58. The van der Waals surface area contributed by atoms with Crippen molar-refractivity contribution in [2.45, 2.75) is 24.6 Å². The highest BCUT2D eigenvalue weighted by Crippen LogP contribution is 2.34. The van der Waals surface area contributed by atoms with Gasteiger partial charge in [0.1, 0.15) is 22.3 Å². The third kappa shape index (κ3) is 3.75. The summed E-state index contributed by atoms with van der Waals surface area (Å²) < 4.78 is 62.9. The molecule has 4 nitrogen and oxygen atoms in total. The zero-order valence-corrected chi connectivity index (χ0v) is 11.0. The Labute approximate surface area is 111 Å². The highest BCUT2D eigenvalue weighted by molar-refractivity contribution is 8.13. The van der Waals surface area contributed by atoms with Crippen LogP contribution in [-0.4, -0.2) is 14.8 Å². The van der Waals surface area contributed by atoms with E-state index in [-0.39, 0.29) is 12.0 Å². The van der Waals surface area contributed by atoms with Gasteiger partial charge in [-0.2, -0.15) is 5.26 Å². The normalized spacial score (nSPS) is 12.0. The van der Waals surface area contributed by atoms with Gasteiger partial charge in [0.25, 0.3) is 9.05 Å². The molecule has 0 aliphatic carbocycles. The van der Waals surface area contributed by atoms with Crippen LogP contribution in [0.3, 0.4) is 0 Å². The standard InChI is InChI=1S/C10H7ClF3NO3S/c1-2-6-3-4-8(18-10(12,13)14)7(5-15)9(6)19(11,16)17/h3-4H,2H2,1H3. The van der Waals surface area contributed by atoms with Crippen LogP contribution in [0.15, 0.2) is 17.0 Å². The van der Waals surface area contributed by atoms with Gasteiger partial charge in [0.2, 0.25) is 0 Å². The Balaban J connectivity index is 3.61. The van der Waals surface area contributed by atoms with Gasteiger partial charge in [-0.15, -0.1) is 13.2 Å². The smallest absolute Gasteiger partial charge is 0.404 e. The fraction of sp³-hybridized carbons (Fsp3) is 0.300. The Morgan fingerprint density at radius 1 is 1.42 bits per heavy atom. The second-order valence-electron chi connectivity index (χ2n) is 3.38. The Hall–Kier alpha value is -1.46. The maximum Gasteiger partial charge on any atom is 0.573 e. The topological polar surface area (TPSA) is 67.2 Å². The van der Waals surface area contributed by atoms with Crippen LogP contribution in [0.25, 0.3) is 0 Å². The minimum atomic E-state index is -5.04. The number of alkyl halides is 3. The lowest BCUT2D eigenvalue weighted by Gasteiger charge is -2.13. The number of hydrogen-bond acceptors (Lipinski definition) is 4. The van der Waals surface area contributed by atoms with Crippen molar-refractivity contribution in [3.8, 4) is 11.8 Å². The van der Waals surface area contributed by atoms with E-state index in [1.807, 2.05) is 0 Å². The first kappa shape index (κ1) is 15.6. The van der Waals surface area contributed by atoms with Crippen molar-refractivity contribution >= 4 is 19.7 Å². The summed E-state index contributed by atoms with van der Waals surface area (Å²) in [5, 5.41) is 8.86. The molecule has 0 radical (unpaired) electrons. The fourth-order valence-corrected chi connectivity index (χ4v) is 2.92. The molecule has 0 atom stereocenters. The quantitative estimate of drug-likeness (QED) is 0.805. The van der Waals surface area contributed by atoms with E-state index in [0.717, 1.165) is 12.1 Å². The van der Waals surface area contributed by atoms with E-state index in [9.17, 15) is 21.6 Å². The predicted octanol–water partition coefficient (Wildman–Crippen LogP) is 2.95. The molecule has 9 heteroatoms. The summed E-state index contributed by atoms with van der Waals surface area (Å²) in [5.41, 5.74) is -0.618. The number of benzene rings is 1. The first-order valence-corrected chi connectivity index (χ1v) is 7.17. The van der Waals surface area contributed by atoms with Crippen LogP contribution in [-0.2, 0) is 15.5 Å². The van der Waals surface area contributed by atoms with Crippen molar-refractivity contribution in [2.75, 3.05) is 0 Å². The van der Waals surface area contributed by atoms with Crippen molar-refractivity contribution in [1.82, 2.24) is 0 Å². The minimum Gasteiger partial charge on any atom is -0.404 e. The molecular weight excluding hydrogens is 307 g/mol. The highest BCUT2D eigenvalue weighted by Gasteiger charge is 2.34. The van der Waals surface area contributed by atoms with Crippen molar-refractivity contribution in [3.05, 3.63) is 23.3 Å². The van der Waals surface area contributed by atoms with Gasteiger partial charge in [-0.25, -0.2) is 8.42 Å². The molecule has 0 unspecified atom stereocenters. The molecule has 0 saturated heterocycles. The van der Waals surface area contributed by atoms with Crippen LogP contribution < -0.4 is 4.74 Å². The summed E-state index contributed by atoms with van der Waals surface area (Å²) in [7, 11) is 0.790. The number of ether oxygens (including phenoxy) is 1. The van der Waals surface area contributed by atoms with E-state index < -0.39 is 31.6 Å². The number of halogens is 4. The number of rotatable bonds is 3. The van der Waals surface area contributed by atoms with Gasteiger partial charge >= 0.3 is 6.36 Å². The van der Waals surface area contributed by atoms with Crippen molar-refractivity contribution < 1.29 is 26.3 Å². The average Bonchev–Trinajstić information content (AvgIpc) is 2.25. The van der Waals surface area contributed by atoms with Crippen LogP contribution in [0.1, 0.15) is 18.1 Å². The van der Waals surface area contributed by atoms with E-state index in [2.05, 4.69) is 4.74 Å². The summed E-state index contributed by atoms with van der Waals surface area (Å²) in [6.45, 7) is 1.58. The van der Waals surface area contributed by atoms with E-state index >= 15 is 0 Å². The molecule has 1 aromatic carbocycles. The number of aryl methyl sites for hydroxylation is 1. The summed E-state index contributed by atoms with van der Waals surface area (Å²) in [6, 6.07) is 3.39. The second-order valence-corrected chi connectivity index (χ2v) is 5.88. The lowest BCUT2D eigenvalue weighted by atomic mass is 10.1. The van der Waals surface area contributed by atoms with Crippen molar-refractivity contribution in [1.29, 1.82) is 5.26 Å². The SMILES string of the molecule is CCc1ccc(OC(F)(F)F)c(C#N)c1S(=O)(=O)Cl. The van der Waals surface area contributed by atoms with E-state index in [4.69, 9.17) is 15.9 Å². The van der Waals surface area contributed by atoms with Crippen LogP contribution in [0.5, 0.6) is 5.75 Å². The molecule has 1 aromatic rings. The van der Waals surface area contributed by atoms with Crippen LogP contribution in [0.2, 0.25) is 0 Å². The molecule has 0 fully saturated rings. The largest absolute Gasteiger partial charge is 0.573 e. The Kier molecular flexibility index (Phi) is 4.32. The van der Waals surface area contributed by atoms with Crippen molar-refractivity contribution in [2.24, 2.45) is 0 Å². The fourth-order valence-electron chi connectivity index (χ4n) is 1.48. The monoisotopic (exact) mass is 313 g/mol. The zero-order valence-electron chi connectivity index (χ0n) is 9.45. The highest BCUT2D eigenvalue weighted by atomic mass is 35.7. The number of hydrogen-bond donors (Lipinski definition) is 0. The van der Waals surface area contributed by atoms with Gasteiger partial charge in [0, 0.05) is 10.7 Å². The van der Waals surface area contributed by atoms with Gasteiger partial charge in [0.15, 0.2) is 0 Å². The molecule has 0 bridgehead atoms. The molecule has 0 aliphatic rings. The van der Waals surface area contributed by atoms with Crippen LogP contribution in [0.4, 0.5) is 13.2 Å². The first-order valence-electron chi connectivity index (χ1n) is 4.86. The summed E-state index contributed by atoms with van der Waals surface area (Å²) in [4.78, 5) is -0.652. The molecule has 0 heterocycles. The van der Waals surface area contributed by atoms with Gasteiger partial charge < -0.3 is 4.74 Å². The molecule has 0 aliphatic heterocycles. The maximum atomic E-state index is 12.2. The zero-order chi connectivity index (χ0) is 14.8. The molecule has 0 saturated carbocycles. The Bertz CT molecular complexity index is 635. The van der Waals surface area contributed by atoms with E-state index in [1.54, 1.807) is 6.92 Å². The lowest BCUT2D eigenvalue weighted by Crippen LogP contribution is -2.18. The van der Waals surface area contributed by atoms with Gasteiger partial charge in [0.05, 0.1) is 0 Å². The Morgan fingerprint density at radius 2 is 2.00 bits per heavy atom. The number of nitrogens with zero attached hydrogens (tertiary/aromatic N) is 1. The summed E-state index contributed by atoms with van der Waals surface area (Å²) in [5.74, 6) is -0.897. The molecule has 104 valence electrons. The predicted molar refractivity (Wildman–Crippen MR) is 60.3 cm³/mol. The van der Waals surface area contributed by atoms with Gasteiger partial charge in [-0.1, -0.05) is 13.0 Å². The molecule has 1 rings (SSSR count). The average molecular weight is 314 g/mol. The minimum absolute atomic E-state index is 0.140. The molecular formula is C10H7ClF3NO3S. The first-order chi connectivity index (χ1) is 8.60. The summed E-state index contributed by atoms with van der Waals surface area (Å²) >= 11 is 0. The molecule has 0 spiro atoms.